The minimum absolute atomic E-state index is 0.0173. The van der Waals surface area contributed by atoms with E-state index in [1.165, 1.54) is 12.1 Å². The first-order valence-electron chi connectivity index (χ1n) is 12.7. The summed E-state index contributed by atoms with van der Waals surface area (Å²) in [5.41, 5.74) is 4.26. The molecule has 1 aliphatic heterocycles. The number of carbonyl (C=O) groups is 3. The van der Waals surface area contributed by atoms with E-state index in [0.717, 1.165) is 27.2 Å². The molecule has 0 N–H and O–H groups in total. The van der Waals surface area contributed by atoms with Crippen LogP contribution in [0.3, 0.4) is 0 Å². The first kappa shape index (κ1) is 25.3. The molecule has 4 aliphatic rings. The SMILES string of the molecule is O=C(OCc1ccccc1Cl)c1ccc(N2C(=O)[C@H]3[C@H](C2=O)C2(Cl)c4ccccc4C3(Cl)c3ccccc32)cc1. The molecular formula is C32H20Cl3NO4. The van der Waals surface area contributed by atoms with E-state index >= 15 is 0 Å². The number of hydrogen-bond donors (Lipinski definition) is 0. The third kappa shape index (κ3) is 3.26. The van der Waals surface area contributed by atoms with Gasteiger partial charge in [-0.2, -0.15) is 0 Å². The van der Waals surface area contributed by atoms with Crippen molar-refractivity contribution in [3.63, 3.8) is 0 Å². The van der Waals surface area contributed by atoms with Crippen LogP contribution in [-0.2, 0) is 30.7 Å². The zero-order valence-electron chi connectivity index (χ0n) is 20.8. The highest BCUT2D eigenvalue weighted by Gasteiger charge is 2.73. The number of nitrogens with zero attached hydrogens (tertiary/aromatic N) is 1. The minimum Gasteiger partial charge on any atom is -0.457 e. The average Bonchev–Trinajstić information content (AvgIpc) is 3.26. The summed E-state index contributed by atoms with van der Waals surface area (Å²) in [6, 6.07) is 28.3. The van der Waals surface area contributed by atoms with Gasteiger partial charge >= 0.3 is 5.97 Å². The molecular weight excluding hydrogens is 569 g/mol. The Bertz CT molecular complexity index is 1610. The van der Waals surface area contributed by atoms with Crippen LogP contribution >= 0.6 is 34.8 Å². The average molecular weight is 589 g/mol. The number of amides is 2. The maximum absolute atomic E-state index is 14.1. The zero-order valence-corrected chi connectivity index (χ0v) is 23.1. The number of benzene rings is 4. The standard InChI is InChI=1S/C32H20Cl3NO4/c33-25-12-6-1-7-19(25)17-40-30(39)18-13-15-20(16-14-18)36-28(37)26-27(29(36)38)32(35)22-9-3-2-8-21(22)31(26,34)23-10-4-5-11-24(23)32/h1-16,26-27H,17H2/t26-,27-,31?,32?/m1/s1. The number of rotatable bonds is 4. The van der Waals surface area contributed by atoms with Crippen LogP contribution in [-0.4, -0.2) is 17.8 Å². The monoisotopic (exact) mass is 587 g/mol. The zero-order chi connectivity index (χ0) is 27.8. The van der Waals surface area contributed by atoms with Crippen LogP contribution in [0, 0.1) is 11.8 Å². The number of carbonyl (C=O) groups excluding carboxylic acids is 3. The van der Waals surface area contributed by atoms with Crippen molar-refractivity contribution in [1.29, 1.82) is 0 Å². The van der Waals surface area contributed by atoms with Crippen molar-refractivity contribution < 1.29 is 19.1 Å². The van der Waals surface area contributed by atoms with Crippen molar-refractivity contribution in [3.05, 3.63) is 135 Å². The van der Waals surface area contributed by atoms with Crippen molar-refractivity contribution in [3.8, 4) is 0 Å². The molecule has 2 atom stereocenters. The quantitative estimate of drug-likeness (QED) is 0.150. The molecule has 0 radical (unpaired) electrons. The number of imide groups is 1. The minimum atomic E-state index is -1.25. The smallest absolute Gasteiger partial charge is 0.338 e. The number of anilines is 1. The molecule has 0 aromatic heterocycles. The van der Waals surface area contributed by atoms with Gasteiger partial charge in [0.15, 0.2) is 0 Å². The summed E-state index contributed by atoms with van der Waals surface area (Å²) in [5.74, 6) is -3.20. The fourth-order valence-corrected chi connectivity index (χ4v) is 7.80. The Kier molecular flexibility index (Phi) is 5.66. The molecule has 8 heteroatoms. The van der Waals surface area contributed by atoms with Crippen LogP contribution in [0.1, 0.15) is 38.2 Å². The summed E-state index contributed by atoms with van der Waals surface area (Å²) in [7, 11) is 0. The maximum atomic E-state index is 14.1. The predicted octanol–water partition coefficient (Wildman–Crippen LogP) is 6.79. The number of halogens is 3. The Labute approximate surface area is 245 Å². The van der Waals surface area contributed by atoms with E-state index in [9.17, 15) is 14.4 Å². The van der Waals surface area contributed by atoms with Gasteiger partial charge < -0.3 is 4.74 Å². The molecule has 1 saturated heterocycles. The van der Waals surface area contributed by atoms with Gasteiger partial charge in [0.05, 0.1) is 23.1 Å². The summed E-state index contributed by atoms with van der Waals surface area (Å²) >= 11 is 21.1. The first-order valence-corrected chi connectivity index (χ1v) is 13.9. The fourth-order valence-electron chi connectivity index (χ4n) is 6.51. The molecule has 4 aromatic rings. The molecule has 0 unspecified atom stereocenters. The van der Waals surface area contributed by atoms with E-state index in [0.29, 0.717) is 16.3 Å². The molecule has 8 rings (SSSR count). The van der Waals surface area contributed by atoms with Crippen LogP contribution in [0.15, 0.2) is 97.1 Å². The molecule has 3 aliphatic carbocycles. The molecule has 1 heterocycles. The van der Waals surface area contributed by atoms with Crippen molar-refractivity contribution in [2.45, 2.75) is 16.4 Å². The van der Waals surface area contributed by atoms with E-state index in [4.69, 9.17) is 39.5 Å². The van der Waals surface area contributed by atoms with Gasteiger partial charge in [0.1, 0.15) is 16.4 Å². The van der Waals surface area contributed by atoms with Gasteiger partial charge in [-0.05, 0) is 52.6 Å². The highest BCUT2D eigenvalue weighted by atomic mass is 35.5. The first-order chi connectivity index (χ1) is 19.3. The summed E-state index contributed by atoms with van der Waals surface area (Å²) in [6.45, 7) is 0.0173. The summed E-state index contributed by atoms with van der Waals surface area (Å²) in [4.78, 5) is 39.5. The van der Waals surface area contributed by atoms with Crippen LogP contribution < -0.4 is 4.90 Å². The van der Waals surface area contributed by atoms with E-state index in [1.807, 2.05) is 54.6 Å². The van der Waals surface area contributed by atoms with Crippen molar-refractivity contribution in [2.75, 3.05) is 4.90 Å². The highest BCUT2D eigenvalue weighted by Crippen LogP contribution is 2.69. The van der Waals surface area contributed by atoms with E-state index in [2.05, 4.69) is 0 Å². The van der Waals surface area contributed by atoms with Gasteiger partial charge in [-0.1, -0.05) is 78.3 Å². The molecule has 2 bridgehead atoms. The lowest BCUT2D eigenvalue weighted by atomic mass is 9.54. The Morgan fingerprint density at radius 1 is 0.700 bits per heavy atom. The molecule has 0 spiro atoms. The van der Waals surface area contributed by atoms with Crippen molar-refractivity contribution in [2.24, 2.45) is 11.8 Å². The Balaban J connectivity index is 1.23. The molecule has 5 nitrogen and oxygen atoms in total. The van der Waals surface area contributed by atoms with Gasteiger partial charge in [0, 0.05) is 10.6 Å². The molecule has 40 heavy (non-hydrogen) atoms. The second-order valence-electron chi connectivity index (χ2n) is 10.2. The molecule has 4 aromatic carbocycles. The van der Waals surface area contributed by atoms with Gasteiger partial charge in [0.2, 0.25) is 11.8 Å². The Hall–Kier alpha value is -3.64. The Morgan fingerprint density at radius 2 is 1.15 bits per heavy atom. The van der Waals surface area contributed by atoms with Crippen molar-refractivity contribution >= 4 is 58.3 Å². The fraction of sp³-hybridized carbons (Fsp3) is 0.156. The predicted molar refractivity (Wildman–Crippen MR) is 153 cm³/mol. The summed E-state index contributed by atoms with van der Waals surface area (Å²) in [6.07, 6.45) is 0. The number of ether oxygens (including phenoxy) is 1. The molecule has 1 fully saturated rings. The lowest BCUT2D eigenvalue weighted by molar-refractivity contribution is -0.122. The van der Waals surface area contributed by atoms with Crippen LogP contribution in [0.25, 0.3) is 0 Å². The highest BCUT2D eigenvalue weighted by molar-refractivity contribution is 6.38. The van der Waals surface area contributed by atoms with Crippen LogP contribution in [0.4, 0.5) is 5.69 Å². The van der Waals surface area contributed by atoms with Gasteiger partial charge in [-0.3, -0.25) is 9.59 Å². The largest absolute Gasteiger partial charge is 0.457 e. The molecule has 198 valence electrons. The second-order valence-corrected chi connectivity index (χ2v) is 11.8. The topological polar surface area (TPSA) is 63.7 Å². The molecule has 0 saturated carbocycles. The van der Waals surface area contributed by atoms with Crippen LogP contribution in [0.5, 0.6) is 0 Å². The Morgan fingerprint density at radius 3 is 1.62 bits per heavy atom. The van der Waals surface area contributed by atoms with Crippen molar-refractivity contribution in [1.82, 2.24) is 0 Å². The van der Waals surface area contributed by atoms with Gasteiger partial charge in [-0.25, -0.2) is 9.69 Å². The third-order valence-corrected chi connectivity index (χ3v) is 9.92. The van der Waals surface area contributed by atoms with Gasteiger partial charge in [0.25, 0.3) is 0 Å². The normalized spacial score (nSPS) is 25.8. The number of hydrogen-bond acceptors (Lipinski definition) is 4. The number of alkyl halides is 2. The molecule has 2 amide bonds. The van der Waals surface area contributed by atoms with E-state index < -0.39 is 39.4 Å². The third-order valence-electron chi connectivity index (χ3n) is 8.26. The van der Waals surface area contributed by atoms with E-state index in [1.54, 1.807) is 30.3 Å². The lowest BCUT2D eigenvalue weighted by Gasteiger charge is -2.54. The summed E-state index contributed by atoms with van der Waals surface area (Å²) in [5, 5.41) is 0.505. The van der Waals surface area contributed by atoms with E-state index in [-0.39, 0.29) is 12.2 Å². The van der Waals surface area contributed by atoms with Crippen LogP contribution in [0.2, 0.25) is 5.02 Å². The number of esters is 1. The summed E-state index contributed by atoms with van der Waals surface area (Å²) < 4.78 is 5.41. The maximum Gasteiger partial charge on any atom is 0.338 e. The lowest BCUT2D eigenvalue weighted by Crippen LogP contribution is -2.57. The van der Waals surface area contributed by atoms with Gasteiger partial charge in [-0.15, -0.1) is 23.2 Å². The second kappa shape index (κ2) is 8.93.